The highest BCUT2D eigenvalue weighted by Gasteiger charge is 2.33. The van der Waals surface area contributed by atoms with Crippen LogP contribution in [0.3, 0.4) is 0 Å². The normalized spacial score (nSPS) is 17.1. The highest BCUT2D eigenvalue weighted by atomic mass is 16.5. The second kappa shape index (κ2) is 10.0. The van der Waals surface area contributed by atoms with Crippen LogP contribution in [0, 0.1) is 0 Å². The number of para-hydroxylation sites is 2. The van der Waals surface area contributed by atoms with Crippen molar-refractivity contribution in [1.82, 2.24) is 14.5 Å². The molecule has 0 N–H and O–H groups in total. The Hall–Kier alpha value is -3.08. The molecule has 0 spiro atoms. The predicted octanol–water partition coefficient (Wildman–Crippen LogP) is 5.52. The summed E-state index contributed by atoms with van der Waals surface area (Å²) in [5, 5.41) is 0. The summed E-state index contributed by atoms with van der Waals surface area (Å²) in [5.74, 6) is 2.78. The van der Waals surface area contributed by atoms with Crippen LogP contribution in [0.15, 0.2) is 61.2 Å². The van der Waals surface area contributed by atoms with Crippen molar-refractivity contribution in [1.29, 1.82) is 0 Å². The topological polar surface area (TPSA) is 47.4 Å². The molecule has 0 unspecified atom stereocenters. The van der Waals surface area contributed by atoms with Gasteiger partial charge in [-0.2, -0.15) is 0 Å². The molecule has 1 aliphatic rings. The monoisotopic (exact) mass is 431 g/mol. The molecule has 1 aliphatic heterocycles. The molecule has 32 heavy (non-hydrogen) atoms. The van der Waals surface area contributed by atoms with Crippen LogP contribution in [-0.4, -0.2) is 40.1 Å². The van der Waals surface area contributed by atoms with Crippen LogP contribution in [0.1, 0.15) is 56.3 Å². The zero-order valence-electron chi connectivity index (χ0n) is 19.2. The molecule has 168 valence electrons. The molecule has 0 bridgehead atoms. The van der Waals surface area contributed by atoms with Gasteiger partial charge in [-0.15, -0.1) is 6.58 Å². The molecule has 5 heteroatoms. The number of imidazole rings is 1. The number of aryl methyl sites for hydroxylation is 1. The highest BCUT2D eigenvalue weighted by Crippen LogP contribution is 2.30. The van der Waals surface area contributed by atoms with Crippen LogP contribution < -0.4 is 4.74 Å². The number of nitrogens with zero attached hydrogens (tertiary/aromatic N) is 3. The van der Waals surface area contributed by atoms with E-state index in [4.69, 9.17) is 9.72 Å². The van der Waals surface area contributed by atoms with E-state index in [1.165, 1.54) is 5.56 Å². The van der Waals surface area contributed by atoms with Crippen molar-refractivity contribution in [2.24, 2.45) is 0 Å². The standard InChI is InChI=1S/C27H33N3O2/c1-4-15-29-19-22(18-26(29)31)27-28-24-9-6-7-10-25(24)30(27)16-8-17-32-23-13-11-21(12-14-23)20(3)5-2/h4,6-7,9-14,20,22H,1,5,8,15-19H2,2-3H3/t20-,22-/m1/s1. The van der Waals surface area contributed by atoms with E-state index in [0.29, 0.717) is 32.0 Å². The van der Waals surface area contributed by atoms with Gasteiger partial charge >= 0.3 is 0 Å². The molecule has 1 fully saturated rings. The third kappa shape index (κ3) is 4.72. The van der Waals surface area contributed by atoms with Crippen LogP contribution in [0.25, 0.3) is 11.0 Å². The van der Waals surface area contributed by atoms with Crippen LogP contribution in [-0.2, 0) is 11.3 Å². The molecule has 5 nitrogen and oxygen atoms in total. The molecule has 2 aromatic carbocycles. The first-order valence-corrected chi connectivity index (χ1v) is 11.7. The van der Waals surface area contributed by atoms with E-state index >= 15 is 0 Å². The average Bonchev–Trinajstić information content (AvgIpc) is 3.37. The first kappa shape index (κ1) is 22.1. The second-order valence-corrected chi connectivity index (χ2v) is 8.68. The second-order valence-electron chi connectivity index (χ2n) is 8.68. The van der Waals surface area contributed by atoms with Crippen LogP contribution >= 0.6 is 0 Å². The molecule has 1 amide bonds. The maximum absolute atomic E-state index is 12.4. The Labute approximate surface area is 190 Å². The summed E-state index contributed by atoms with van der Waals surface area (Å²) in [6.07, 6.45) is 4.31. The number of ether oxygens (including phenoxy) is 1. The molecular formula is C27H33N3O2. The number of aromatic nitrogens is 2. The Morgan fingerprint density at radius 2 is 2.00 bits per heavy atom. The highest BCUT2D eigenvalue weighted by molar-refractivity contribution is 5.81. The number of likely N-dealkylation sites (tertiary alicyclic amines) is 1. The van der Waals surface area contributed by atoms with E-state index in [0.717, 1.165) is 42.0 Å². The lowest BCUT2D eigenvalue weighted by Crippen LogP contribution is -2.25. The van der Waals surface area contributed by atoms with Crippen molar-refractivity contribution in [3.8, 4) is 5.75 Å². The number of carbonyl (C=O) groups excluding carboxylic acids is 1. The molecule has 1 aromatic heterocycles. The van der Waals surface area contributed by atoms with Crippen molar-refractivity contribution in [3.05, 3.63) is 72.6 Å². The van der Waals surface area contributed by atoms with E-state index in [9.17, 15) is 4.79 Å². The van der Waals surface area contributed by atoms with E-state index < -0.39 is 0 Å². The summed E-state index contributed by atoms with van der Waals surface area (Å²) < 4.78 is 8.29. The van der Waals surface area contributed by atoms with Crippen molar-refractivity contribution in [3.63, 3.8) is 0 Å². The van der Waals surface area contributed by atoms with E-state index in [2.05, 4.69) is 55.3 Å². The van der Waals surface area contributed by atoms with Gasteiger partial charge in [-0.25, -0.2) is 4.98 Å². The number of benzene rings is 2. The Balaban J connectivity index is 1.43. The van der Waals surface area contributed by atoms with Gasteiger partial charge in [0.25, 0.3) is 0 Å². The Morgan fingerprint density at radius 3 is 2.75 bits per heavy atom. The maximum atomic E-state index is 12.4. The van der Waals surface area contributed by atoms with E-state index in [1.807, 2.05) is 23.1 Å². The van der Waals surface area contributed by atoms with Gasteiger partial charge in [0, 0.05) is 32.0 Å². The van der Waals surface area contributed by atoms with Gasteiger partial charge in [0.05, 0.1) is 17.6 Å². The lowest BCUT2D eigenvalue weighted by molar-refractivity contribution is -0.127. The molecule has 0 aliphatic carbocycles. The largest absolute Gasteiger partial charge is 0.494 e. The molecular weight excluding hydrogens is 398 g/mol. The van der Waals surface area contributed by atoms with Crippen molar-refractivity contribution < 1.29 is 9.53 Å². The number of hydrogen-bond donors (Lipinski definition) is 0. The number of hydrogen-bond acceptors (Lipinski definition) is 3. The summed E-state index contributed by atoms with van der Waals surface area (Å²) in [6, 6.07) is 16.7. The number of carbonyl (C=O) groups is 1. The first-order chi connectivity index (χ1) is 15.6. The summed E-state index contributed by atoms with van der Waals surface area (Å²) >= 11 is 0. The van der Waals surface area contributed by atoms with Crippen molar-refractivity contribution in [2.75, 3.05) is 19.7 Å². The molecule has 2 atom stereocenters. The average molecular weight is 432 g/mol. The molecule has 2 heterocycles. The van der Waals surface area contributed by atoms with Gasteiger partial charge in [-0.05, 0) is 48.6 Å². The fourth-order valence-corrected chi connectivity index (χ4v) is 4.46. The quantitative estimate of drug-likeness (QED) is 0.314. The van der Waals surface area contributed by atoms with Gasteiger partial charge in [-0.3, -0.25) is 4.79 Å². The van der Waals surface area contributed by atoms with Crippen LogP contribution in [0.2, 0.25) is 0 Å². The molecule has 3 aromatic rings. The maximum Gasteiger partial charge on any atom is 0.223 e. The Bertz CT molecular complexity index is 1070. The minimum absolute atomic E-state index is 0.115. The lowest BCUT2D eigenvalue weighted by Gasteiger charge is -2.16. The SMILES string of the molecule is C=CCN1C[C@H](c2nc3ccccc3n2CCCOc2ccc([C@H](C)CC)cc2)CC1=O. The fraction of sp³-hybridized carbons (Fsp3) is 0.407. The molecule has 0 radical (unpaired) electrons. The zero-order valence-corrected chi connectivity index (χ0v) is 19.2. The Morgan fingerprint density at radius 1 is 1.22 bits per heavy atom. The summed E-state index contributed by atoms with van der Waals surface area (Å²) in [6.45, 7) is 11.0. The fourth-order valence-electron chi connectivity index (χ4n) is 4.46. The zero-order chi connectivity index (χ0) is 22.5. The van der Waals surface area contributed by atoms with E-state index in [1.54, 1.807) is 6.08 Å². The molecule has 4 rings (SSSR count). The third-order valence-corrected chi connectivity index (χ3v) is 6.47. The van der Waals surface area contributed by atoms with Gasteiger partial charge in [0.1, 0.15) is 11.6 Å². The van der Waals surface area contributed by atoms with Gasteiger partial charge in [-0.1, -0.05) is 44.2 Å². The number of fused-ring (bicyclic) bond motifs is 1. The summed E-state index contributed by atoms with van der Waals surface area (Å²) in [7, 11) is 0. The molecule has 0 saturated carbocycles. The lowest BCUT2D eigenvalue weighted by atomic mass is 9.99. The van der Waals surface area contributed by atoms with Crippen molar-refractivity contribution in [2.45, 2.75) is 51.5 Å². The van der Waals surface area contributed by atoms with Gasteiger partial charge < -0.3 is 14.2 Å². The summed E-state index contributed by atoms with van der Waals surface area (Å²) in [4.78, 5) is 19.2. The first-order valence-electron chi connectivity index (χ1n) is 11.7. The number of rotatable bonds is 10. The smallest absolute Gasteiger partial charge is 0.223 e. The van der Waals surface area contributed by atoms with Crippen LogP contribution in [0.5, 0.6) is 5.75 Å². The van der Waals surface area contributed by atoms with Gasteiger partial charge in [0.2, 0.25) is 5.91 Å². The Kier molecular flexibility index (Phi) is 6.93. The number of amides is 1. The summed E-state index contributed by atoms with van der Waals surface area (Å²) in [5.41, 5.74) is 3.46. The molecule has 1 saturated heterocycles. The minimum atomic E-state index is 0.115. The minimum Gasteiger partial charge on any atom is -0.494 e. The predicted molar refractivity (Wildman–Crippen MR) is 129 cm³/mol. The van der Waals surface area contributed by atoms with Crippen LogP contribution in [0.4, 0.5) is 0 Å². The van der Waals surface area contributed by atoms with Gasteiger partial charge in [0.15, 0.2) is 0 Å². The van der Waals surface area contributed by atoms with Crippen molar-refractivity contribution >= 4 is 16.9 Å². The third-order valence-electron chi connectivity index (χ3n) is 6.47. The van der Waals surface area contributed by atoms with E-state index in [-0.39, 0.29) is 11.8 Å².